The molecule has 0 saturated heterocycles. The first kappa shape index (κ1) is 11.3. The molecular formula is C15H12N2O2. The van der Waals surface area contributed by atoms with Crippen LogP contribution in [0.15, 0.2) is 57.7 Å². The summed E-state index contributed by atoms with van der Waals surface area (Å²) in [5.74, 6) is 0.357. The van der Waals surface area contributed by atoms with E-state index in [0.29, 0.717) is 28.0 Å². The molecular weight excluding hydrogens is 240 g/mol. The summed E-state index contributed by atoms with van der Waals surface area (Å²) in [6.45, 7) is 0. The number of benzene rings is 2. The van der Waals surface area contributed by atoms with Gasteiger partial charge in [-0.3, -0.25) is 4.79 Å². The Bertz CT molecular complexity index is 822. The Hall–Kier alpha value is -2.75. The van der Waals surface area contributed by atoms with E-state index in [0.717, 1.165) is 0 Å². The third-order valence-electron chi connectivity index (χ3n) is 2.98. The first-order valence-electron chi connectivity index (χ1n) is 5.84. The molecule has 4 nitrogen and oxygen atoms in total. The molecule has 2 aromatic carbocycles. The molecule has 0 fully saturated rings. The zero-order valence-electron chi connectivity index (χ0n) is 10.1. The number of anilines is 2. The van der Waals surface area contributed by atoms with Gasteiger partial charge in [0.2, 0.25) is 5.43 Å². The second kappa shape index (κ2) is 4.17. The molecule has 0 bridgehead atoms. The Morgan fingerprint density at radius 2 is 1.74 bits per heavy atom. The molecule has 0 aliphatic rings. The highest BCUT2D eigenvalue weighted by Gasteiger charge is 2.13. The number of hydrogen-bond acceptors (Lipinski definition) is 4. The molecule has 0 radical (unpaired) electrons. The van der Waals surface area contributed by atoms with Gasteiger partial charge in [-0.05, 0) is 24.3 Å². The van der Waals surface area contributed by atoms with E-state index in [1.54, 1.807) is 42.5 Å². The monoisotopic (exact) mass is 252 g/mol. The Labute approximate surface area is 109 Å². The molecule has 19 heavy (non-hydrogen) atoms. The van der Waals surface area contributed by atoms with Crippen LogP contribution in [-0.2, 0) is 0 Å². The molecule has 0 amide bonds. The Morgan fingerprint density at radius 3 is 2.53 bits per heavy atom. The van der Waals surface area contributed by atoms with E-state index >= 15 is 0 Å². The van der Waals surface area contributed by atoms with Crippen molar-refractivity contribution in [2.45, 2.75) is 0 Å². The van der Waals surface area contributed by atoms with E-state index in [1.807, 2.05) is 6.07 Å². The number of nitrogen functional groups attached to an aromatic ring is 2. The molecule has 0 saturated carbocycles. The lowest BCUT2D eigenvalue weighted by atomic mass is 10.1. The molecule has 0 aliphatic heterocycles. The predicted octanol–water partition coefficient (Wildman–Crippen LogP) is 2.62. The highest BCUT2D eigenvalue weighted by Crippen LogP contribution is 2.28. The summed E-state index contributed by atoms with van der Waals surface area (Å²) in [6, 6.07) is 14.1. The highest BCUT2D eigenvalue weighted by atomic mass is 16.3. The largest absolute Gasteiger partial charge is 0.454 e. The molecule has 4 N–H and O–H groups in total. The van der Waals surface area contributed by atoms with Crippen LogP contribution < -0.4 is 16.9 Å². The molecule has 0 aliphatic carbocycles. The molecule has 1 aromatic heterocycles. The normalized spacial score (nSPS) is 10.7. The van der Waals surface area contributed by atoms with Gasteiger partial charge in [0.1, 0.15) is 11.3 Å². The van der Waals surface area contributed by atoms with Crippen molar-refractivity contribution >= 4 is 22.3 Å². The lowest BCUT2D eigenvalue weighted by Crippen LogP contribution is -2.09. The minimum atomic E-state index is -0.223. The van der Waals surface area contributed by atoms with Crippen LogP contribution in [0.1, 0.15) is 0 Å². The summed E-state index contributed by atoms with van der Waals surface area (Å²) in [5.41, 5.74) is 13.3. The Morgan fingerprint density at radius 1 is 0.947 bits per heavy atom. The second-order valence-corrected chi connectivity index (χ2v) is 4.30. The molecule has 0 unspecified atom stereocenters. The van der Waals surface area contributed by atoms with Crippen LogP contribution in [0, 0.1) is 0 Å². The molecule has 1 heterocycles. The summed E-state index contributed by atoms with van der Waals surface area (Å²) in [7, 11) is 0. The van der Waals surface area contributed by atoms with E-state index in [1.165, 1.54) is 0 Å². The van der Waals surface area contributed by atoms with Crippen molar-refractivity contribution in [1.82, 2.24) is 0 Å². The average molecular weight is 252 g/mol. The van der Waals surface area contributed by atoms with Gasteiger partial charge >= 0.3 is 0 Å². The number of hydrogen-bond donors (Lipinski definition) is 2. The molecule has 3 rings (SSSR count). The first-order valence-corrected chi connectivity index (χ1v) is 5.84. The van der Waals surface area contributed by atoms with Gasteiger partial charge in [-0.1, -0.05) is 24.3 Å². The quantitative estimate of drug-likeness (QED) is 0.652. The molecule has 3 aromatic rings. The van der Waals surface area contributed by atoms with E-state index < -0.39 is 0 Å². The van der Waals surface area contributed by atoms with Gasteiger partial charge in [0.25, 0.3) is 0 Å². The van der Waals surface area contributed by atoms with Crippen molar-refractivity contribution in [2.24, 2.45) is 0 Å². The van der Waals surface area contributed by atoms with E-state index in [-0.39, 0.29) is 11.1 Å². The lowest BCUT2D eigenvalue weighted by Gasteiger charge is -2.07. The van der Waals surface area contributed by atoms with Crippen molar-refractivity contribution in [3.8, 4) is 11.3 Å². The minimum absolute atomic E-state index is 0.101. The van der Waals surface area contributed by atoms with Gasteiger partial charge in [0, 0.05) is 11.3 Å². The fraction of sp³-hybridized carbons (Fsp3) is 0. The maximum Gasteiger partial charge on any atom is 0.216 e. The van der Waals surface area contributed by atoms with Gasteiger partial charge in [0.05, 0.1) is 5.39 Å². The average Bonchev–Trinajstić information content (AvgIpc) is 2.43. The van der Waals surface area contributed by atoms with Crippen LogP contribution in [0.2, 0.25) is 0 Å². The smallest absolute Gasteiger partial charge is 0.216 e. The first-order chi connectivity index (χ1) is 9.16. The van der Waals surface area contributed by atoms with Crippen molar-refractivity contribution < 1.29 is 4.42 Å². The Kier molecular flexibility index (Phi) is 2.49. The van der Waals surface area contributed by atoms with Crippen molar-refractivity contribution in [1.29, 1.82) is 0 Å². The zero-order chi connectivity index (χ0) is 13.4. The molecule has 0 spiro atoms. The van der Waals surface area contributed by atoms with Gasteiger partial charge in [-0.25, -0.2) is 0 Å². The maximum absolute atomic E-state index is 12.2. The van der Waals surface area contributed by atoms with Gasteiger partial charge in [0.15, 0.2) is 5.76 Å². The van der Waals surface area contributed by atoms with E-state index in [9.17, 15) is 4.79 Å². The van der Waals surface area contributed by atoms with Crippen LogP contribution in [0.25, 0.3) is 22.3 Å². The standard InChI is InChI=1S/C15H12N2O2/c16-10-5-3-4-9(8-10)15-13(17)14(18)11-6-1-2-7-12(11)19-15/h1-8H,16-17H2. The Balaban J connectivity index is 2.36. The van der Waals surface area contributed by atoms with Gasteiger partial charge in [-0.15, -0.1) is 0 Å². The second-order valence-electron chi connectivity index (χ2n) is 4.30. The zero-order valence-corrected chi connectivity index (χ0v) is 10.1. The molecule has 94 valence electrons. The molecule has 4 heteroatoms. The van der Waals surface area contributed by atoms with Crippen molar-refractivity contribution in [3.05, 3.63) is 58.8 Å². The topological polar surface area (TPSA) is 82.2 Å². The number of rotatable bonds is 1. The van der Waals surface area contributed by atoms with E-state index in [4.69, 9.17) is 15.9 Å². The van der Waals surface area contributed by atoms with Crippen molar-refractivity contribution in [2.75, 3.05) is 11.5 Å². The van der Waals surface area contributed by atoms with Gasteiger partial charge in [-0.2, -0.15) is 0 Å². The van der Waals surface area contributed by atoms with Crippen LogP contribution in [0.5, 0.6) is 0 Å². The minimum Gasteiger partial charge on any atom is -0.454 e. The lowest BCUT2D eigenvalue weighted by molar-refractivity contribution is 0.621. The van der Waals surface area contributed by atoms with Crippen molar-refractivity contribution in [3.63, 3.8) is 0 Å². The third-order valence-corrected chi connectivity index (χ3v) is 2.98. The summed E-state index contributed by atoms with van der Waals surface area (Å²) in [5, 5.41) is 0.479. The van der Waals surface area contributed by atoms with Crippen LogP contribution in [-0.4, -0.2) is 0 Å². The van der Waals surface area contributed by atoms with Crippen LogP contribution >= 0.6 is 0 Å². The summed E-state index contributed by atoms with van der Waals surface area (Å²) in [4.78, 5) is 12.2. The summed E-state index contributed by atoms with van der Waals surface area (Å²) >= 11 is 0. The SMILES string of the molecule is Nc1cccc(-c2oc3ccccc3c(=O)c2N)c1. The summed E-state index contributed by atoms with van der Waals surface area (Å²) in [6.07, 6.45) is 0. The molecule has 0 atom stereocenters. The number of nitrogens with two attached hydrogens (primary N) is 2. The number of fused-ring (bicyclic) bond motifs is 1. The number of para-hydroxylation sites is 1. The van der Waals surface area contributed by atoms with Gasteiger partial charge < -0.3 is 15.9 Å². The maximum atomic E-state index is 12.2. The summed E-state index contributed by atoms with van der Waals surface area (Å²) < 4.78 is 5.73. The predicted molar refractivity (Wildman–Crippen MR) is 76.7 cm³/mol. The third kappa shape index (κ3) is 1.83. The fourth-order valence-corrected chi connectivity index (χ4v) is 2.05. The van der Waals surface area contributed by atoms with Crippen LogP contribution in [0.4, 0.5) is 11.4 Å². The van der Waals surface area contributed by atoms with E-state index in [2.05, 4.69) is 0 Å². The van der Waals surface area contributed by atoms with Crippen LogP contribution in [0.3, 0.4) is 0 Å². The fourth-order valence-electron chi connectivity index (χ4n) is 2.05. The highest BCUT2D eigenvalue weighted by molar-refractivity contribution is 5.85.